The third-order valence-corrected chi connectivity index (χ3v) is 4.25. The first-order chi connectivity index (χ1) is 11.1. The first kappa shape index (κ1) is 15.5. The molecule has 1 saturated carbocycles. The van der Waals surface area contributed by atoms with Crippen LogP contribution >= 0.6 is 11.6 Å². The predicted octanol–water partition coefficient (Wildman–Crippen LogP) is 3.08. The maximum absolute atomic E-state index is 6.72. The highest BCUT2D eigenvalue weighted by Crippen LogP contribution is 2.51. The number of methoxy groups -OCH3 is 1. The Morgan fingerprint density at radius 1 is 1.35 bits per heavy atom. The van der Waals surface area contributed by atoms with Crippen molar-refractivity contribution in [1.29, 1.82) is 5.53 Å². The number of nitrogens with zero attached hydrogens (tertiary/aromatic N) is 4. The third kappa shape index (κ3) is 2.93. The second-order valence-electron chi connectivity index (χ2n) is 5.27. The molecule has 3 N–H and O–H groups in total. The fraction of sp³-hybridized carbons (Fsp3) is 0.267. The van der Waals surface area contributed by atoms with Gasteiger partial charge in [-0.3, -0.25) is 0 Å². The van der Waals surface area contributed by atoms with Crippen LogP contribution in [0.5, 0.6) is 0 Å². The zero-order chi connectivity index (χ0) is 16.4. The molecule has 1 aliphatic carbocycles. The Labute approximate surface area is 138 Å². The molecular weight excluding hydrogens is 316 g/mol. The van der Waals surface area contributed by atoms with Gasteiger partial charge in [-0.15, -0.1) is 5.10 Å². The van der Waals surface area contributed by atoms with E-state index in [4.69, 9.17) is 27.6 Å². The molecule has 0 saturated heterocycles. The lowest BCUT2D eigenvalue weighted by Crippen LogP contribution is -2.15. The van der Waals surface area contributed by atoms with Crippen molar-refractivity contribution < 1.29 is 4.74 Å². The molecule has 118 valence electrons. The highest BCUT2D eigenvalue weighted by atomic mass is 35.5. The predicted molar refractivity (Wildman–Crippen MR) is 86.3 cm³/mol. The summed E-state index contributed by atoms with van der Waals surface area (Å²) in [5.74, 6) is 0.0580. The highest BCUT2D eigenvalue weighted by Gasteiger charge is 2.46. The van der Waals surface area contributed by atoms with Crippen molar-refractivity contribution in [1.82, 2.24) is 9.97 Å². The van der Waals surface area contributed by atoms with E-state index in [9.17, 15) is 0 Å². The number of ether oxygens (including phenoxy) is 1. The molecule has 1 aromatic carbocycles. The van der Waals surface area contributed by atoms with Gasteiger partial charge in [-0.05, 0) is 25.0 Å². The maximum atomic E-state index is 6.72. The molecule has 0 spiro atoms. The Morgan fingerprint density at radius 3 is 2.74 bits per heavy atom. The van der Waals surface area contributed by atoms with Crippen molar-refractivity contribution in [3.8, 4) is 11.3 Å². The van der Waals surface area contributed by atoms with Crippen molar-refractivity contribution in [3.05, 3.63) is 46.9 Å². The van der Waals surface area contributed by atoms with Gasteiger partial charge >= 0.3 is 0 Å². The van der Waals surface area contributed by atoms with Gasteiger partial charge in [-0.1, -0.05) is 29.0 Å². The van der Waals surface area contributed by atoms with E-state index >= 15 is 0 Å². The van der Waals surface area contributed by atoms with Crippen LogP contribution < -0.4 is 5.73 Å². The number of hydrogen-bond acceptors (Lipinski definition) is 5. The Balaban J connectivity index is 1.97. The normalized spacial score (nSPS) is 16.2. The van der Waals surface area contributed by atoms with E-state index in [1.165, 1.54) is 6.33 Å². The summed E-state index contributed by atoms with van der Waals surface area (Å²) >= 11 is 6.42. The number of rotatable bonds is 5. The summed E-state index contributed by atoms with van der Waals surface area (Å²) in [6, 6.07) is 7.43. The van der Waals surface area contributed by atoms with Gasteiger partial charge in [0.25, 0.3) is 0 Å². The molecule has 2 aromatic rings. The zero-order valence-corrected chi connectivity index (χ0v) is 13.2. The molecule has 23 heavy (non-hydrogen) atoms. The van der Waals surface area contributed by atoms with Gasteiger partial charge in [-0.25, -0.2) is 9.97 Å². The number of hydrogen-bond donors (Lipinski definition) is 2. The molecule has 7 nitrogen and oxygen atoms in total. The van der Waals surface area contributed by atoms with Crippen LogP contribution in [0.3, 0.4) is 0 Å². The molecule has 0 radical (unpaired) electrons. The molecule has 8 heteroatoms. The van der Waals surface area contributed by atoms with E-state index < -0.39 is 0 Å². The number of nitrogens with one attached hydrogen (secondary N) is 1. The number of amidine groups is 1. The summed E-state index contributed by atoms with van der Waals surface area (Å²) in [7, 11) is 1.70. The van der Waals surface area contributed by atoms with E-state index in [1.807, 2.05) is 18.2 Å². The summed E-state index contributed by atoms with van der Waals surface area (Å²) in [6.07, 6.45) is 3.34. The van der Waals surface area contributed by atoms with Crippen molar-refractivity contribution >= 4 is 17.4 Å². The van der Waals surface area contributed by atoms with E-state index in [0.29, 0.717) is 16.4 Å². The quantitative estimate of drug-likeness (QED) is 0.380. The van der Waals surface area contributed by atoms with E-state index in [0.717, 1.165) is 24.0 Å². The highest BCUT2D eigenvalue weighted by molar-refractivity contribution is 6.31. The van der Waals surface area contributed by atoms with Gasteiger partial charge in [0.15, 0.2) is 5.84 Å². The number of nitrogens with two attached hydrogens (primary N) is 1. The largest absolute Gasteiger partial charge is 0.380 e. The summed E-state index contributed by atoms with van der Waals surface area (Å²) in [5.41, 5.74) is 15.1. The van der Waals surface area contributed by atoms with Crippen LogP contribution in [0, 0.1) is 5.53 Å². The summed E-state index contributed by atoms with van der Waals surface area (Å²) in [5, 5.41) is 7.01. The molecule has 0 atom stereocenters. The van der Waals surface area contributed by atoms with Crippen LogP contribution in [0.4, 0.5) is 0 Å². The standard InChI is InChI=1S/C15H15ClN6O/c1-23-15(4-5-15)10-3-2-9(6-11(10)16)12-7-13(20-8-19-12)14(17)21-22-18/h2-3,6-8H,4-5H2,1H3,(H3,17,18,21). The lowest BCUT2D eigenvalue weighted by Gasteiger charge is -2.16. The molecule has 1 aliphatic rings. The van der Waals surface area contributed by atoms with Crippen molar-refractivity contribution in [2.24, 2.45) is 16.1 Å². The minimum atomic E-state index is -0.237. The van der Waals surface area contributed by atoms with Crippen LogP contribution in [0.15, 0.2) is 40.9 Å². The Morgan fingerprint density at radius 2 is 2.13 bits per heavy atom. The molecule has 3 rings (SSSR count). The third-order valence-electron chi connectivity index (χ3n) is 3.94. The maximum Gasteiger partial charge on any atom is 0.173 e. The van der Waals surface area contributed by atoms with Gasteiger partial charge in [0.2, 0.25) is 0 Å². The van der Waals surface area contributed by atoms with Crippen LogP contribution in [0.1, 0.15) is 24.1 Å². The van der Waals surface area contributed by atoms with Gasteiger partial charge < -0.3 is 10.5 Å². The summed E-state index contributed by atoms with van der Waals surface area (Å²) < 4.78 is 5.57. The molecule has 0 amide bonds. The van der Waals surface area contributed by atoms with Crippen LogP contribution in [0.25, 0.3) is 11.3 Å². The van der Waals surface area contributed by atoms with Gasteiger partial charge in [0.1, 0.15) is 12.0 Å². The second-order valence-corrected chi connectivity index (χ2v) is 5.67. The van der Waals surface area contributed by atoms with E-state index in [-0.39, 0.29) is 11.4 Å². The topological polar surface area (TPSA) is 110 Å². The molecule has 1 heterocycles. The first-order valence-corrected chi connectivity index (χ1v) is 7.35. The molecule has 0 aliphatic heterocycles. The summed E-state index contributed by atoms with van der Waals surface area (Å²) in [6.45, 7) is 0. The van der Waals surface area contributed by atoms with E-state index in [1.54, 1.807) is 13.2 Å². The lowest BCUT2D eigenvalue weighted by atomic mass is 10.0. The number of halogens is 1. The van der Waals surface area contributed by atoms with Crippen molar-refractivity contribution in [2.45, 2.75) is 18.4 Å². The minimum absolute atomic E-state index is 0.0580. The van der Waals surface area contributed by atoms with E-state index in [2.05, 4.69) is 20.3 Å². The average molecular weight is 331 g/mol. The molecule has 0 unspecified atom stereocenters. The van der Waals surface area contributed by atoms with Crippen molar-refractivity contribution in [2.75, 3.05) is 7.11 Å². The SMILES string of the molecule is COC1(c2ccc(-c3cc(C(N)=NN=N)ncn3)cc2Cl)CC1. The minimum Gasteiger partial charge on any atom is -0.380 e. The average Bonchev–Trinajstić information content (AvgIpc) is 3.36. The fourth-order valence-corrected chi connectivity index (χ4v) is 2.85. The van der Waals surface area contributed by atoms with Crippen LogP contribution in [-0.2, 0) is 10.3 Å². The number of aromatic nitrogens is 2. The zero-order valence-electron chi connectivity index (χ0n) is 12.5. The molecule has 1 aromatic heterocycles. The molecular formula is C15H15ClN6O. The van der Waals surface area contributed by atoms with Gasteiger partial charge in [-0.2, -0.15) is 5.53 Å². The van der Waals surface area contributed by atoms with Crippen LogP contribution in [0.2, 0.25) is 5.02 Å². The first-order valence-electron chi connectivity index (χ1n) is 6.97. The summed E-state index contributed by atoms with van der Waals surface area (Å²) in [4.78, 5) is 8.25. The Bertz CT molecular complexity index is 787. The number of benzene rings is 1. The Kier molecular flexibility index (Phi) is 4.06. The Hall–Kier alpha value is -2.38. The second kappa shape index (κ2) is 6.02. The smallest absolute Gasteiger partial charge is 0.173 e. The monoisotopic (exact) mass is 330 g/mol. The van der Waals surface area contributed by atoms with Crippen molar-refractivity contribution in [3.63, 3.8) is 0 Å². The van der Waals surface area contributed by atoms with Gasteiger partial charge in [0.05, 0.1) is 11.3 Å². The van der Waals surface area contributed by atoms with Gasteiger partial charge in [0, 0.05) is 23.3 Å². The molecule has 1 fully saturated rings. The molecule has 0 bridgehead atoms. The lowest BCUT2D eigenvalue weighted by molar-refractivity contribution is 0.0790. The van der Waals surface area contributed by atoms with Crippen LogP contribution in [-0.4, -0.2) is 22.9 Å². The fourth-order valence-electron chi connectivity index (χ4n) is 2.50.